The number of likely N-dealkylation sites (tertiary alicyclic amines) is 1. The number of rotatable bonds is 3. The Morgan fingerprint density at radius 2 is 2.00 bits per heavy atom. The molecular weight excluding hydrogens is 223 g/mol. The Kier molecular flexibility index (Phi) is 7.57. The van der Waals surface area contributed by atoms with Gasteiger partial charge in [0, 0.05) is 13.5 Å². The molecule has 1 fully saturated rings. The van der Waals surface area contributed by atoms with Crippen LogP contribution in [0.15, 0.2) is 0 Å². The van der Waals surface area contributed by atoms with Crippen LogP contribution in [-0.4, -0.2) is 52.9 Å². The zero-order chi connectivity index (χ0) is 13.4. The van der Waals surface area contributed by atoms with Crippen LogP contribution in [0, 0.1) is 0 Å². The van der Waals surface area contributed by atoms with Crippen molar-refractivity contribution in [2.75, 3.05) is 13.1 Å². The fourth-order valence-corrected chi connectivity index (χ4v) is 1.71. The molecule has 1 aliphatic heterocycles. The van der Waals surface area contributed by atoms with Crippen LogP contribution in [0.2, 0.25) is 0 Å². The SMILES string of the molecule is CC.CC(=O)NCC(=O)N1CCCC1B(O)O. The van der Waals surface area contributed by atoms with Crippen molar-refractivity contribution in [1.29, 1.82) is 0 Å². The van der Waals surface area contributed by atoms with Crippen LogP contribution in [-0.2, 0) is 9.59 Å². The number of nitrogens with zero attached hydrogens (tertiary/aromatic N) is 1. The van der Waals surface area contributed by atoms with Crippen LogP contribution in [0.4, 0.5) is 0 Å². The second kappa shape index (κ2) is 8.08. The monoisotopic (exact) mass is 244 g/mol. The molecule has 1 aliphatic rings. The highest BCUT2D eigenvalue weighted by Gasteiger charge is 2.36. The van der Waals surface area contributed by atoms with Crippen LogP contribution in [0.25, 0.3) is 0 Å². The minimum Gasteiger partial charge on any atom is -0.426 e. The second-order valence-electron chi connectivity index (χ2n) is 3.62. The Bertz CT molecular complexity index is 261. The van der Waals surface area contributed by atoms with Gasteiger partial charge in [-0.25, -0.2) is 0 Å². The average molecular weight is 244 g/mol. The Morgan fingerprint density at radius 1 is 1.41 bits per heavy atom. The lowest BCUT2D eigenvalue weighted by Crippen LogP contribution is -2.48. The van der Waals surface area contributed by atoms with Crippen LogP contribution in [0.1, 0.15) is 33.6 Å². The summed E-state index contributed by atoms with van der Waals surface area (Å²) < 4.78 is 0. The third-order valence-electron chi connectivity index (χ3n) is 2.45. The minimum absolute atomic E-state index is 0.0848. The van der Waals surface area contributed by atoms with E-state index < -0.39 is 13.1 Å². The van der Waals surface area contributed by atoms with Crippen molar-refractivity contribution < 1.29 is 19.6 Å². The van der Waals surface area contributed by atoms with Crippen molar-refractivity contribution in [2.24, 2.45) is 0 Å². The van der Waals surface area contributed by atoms with Crippen molar-refractivity contribution >= 4 is 18.9 Å². The van der Waals surface area contributed by atoms with Crippen LogP contribution >= 0.6 is 0 Å². The van der Waals surface area contributed by atoms with Crippen molar-refractivity contribution in [3.8, 4) is 0 Å². The zero-order valence-electron chi connectivity index (χ0n) is 10.6. The van der Waals surface area contributed by atoms with Gasteiger partial charge in [-0.3, -0.25) is 9.59 Å². The van der Waals surface area contributed by atoms with E-state index in [-0.39, 0.29) is 18.4 Å². The predicted molar refractivity (Wildman–Crippen MR) is 65.0 cm³/mol. The summed E-state index contributed by atoms with van der Waals surface area (Å²) in [7, 11) is -1.51. The van der Waals surface area contributed by atoms with Gasteiger partial charge >= 0.3 is 7.12 Å². The molecular formula is C10H21BN2O4. The Hall–Kier alpha value is -1.08. The summed E-state index contributed by atoms with van der Waals surface area (Å²) in [5, 5.41) is 20.4. The number of nitrogens with one attached hydrogen (secondary N) is 1. The van der Waals surface area contributed by atoms with Gasteiger partial charge in [0.15, 0.2) is 0 Å². The molecule has 0 aromatic rings. The smallest absolute Gasteiger partial charge is 0.426 e. The lowest BCUT2D eigenvalue weighted by atomic mass is 9.78. The first-order valence-electron chi connectivity index (χ1n) is 5.92. The molecule has 0 saturated carbocycles. The molecule has 1 rings (SSSR count). The van der Waals surface area contributed by atoms with E-state index in [1.54, 1.807) is 0 Å². The molecule has 0 aromatic carbocycles. The molecule has 0 aliphatic carbocycles. The van der Waals surface area contributed by atoms with E-state index in [0.29, 0.717) is 13.0 Å². The number of carbonyl (C=O) groups excluding carboxylic acids is 2. The fraction of sp³-hybridized carbons (Fsp3) is 0.800. The molecule has 0 radical (unpaired) electrons. The molecule has 6 nitrogen and oxygen atoms in total. The molecule has 1 heterocycles. The molecule has 98 valence electrons. The summed E-state index contributed by atoms with van der Waals surface area (Å²) >= 11 is 0. The highest BCUT2D eigenvalue weighted by atomic mass is 16.4. The number of hydrogen-bond acceptors (Lipinski definition) is 4. The summed E-state index contributed by atoms with van der Waals surface area (Å²) in [4.78, 5) is 23.6. The van der Waals surface area contributed by atoms with Crippen LogP contribution in [0.5, 0.6) is 0 Å². The molecule has 0 spiro atoms. The summed E-state index contributed by atoms with van der Waals surface area (Å²) in [5.41, 5.74) is 0. The lowest BCUT2D eigenvalue weighted by Gasteiger charge is -2.23. The first-order valence-corrected chi connectivity index (χ1v) is 5.92. The van der Waals surface area contributed by atoms with E-state index in [4.69, 9.17) is 10.0 Å². The third-order valence-corrected chi connectivity index (χ3v) is 2.45. The quantitative estimate of drug-likeness (QED) is 0.564. The van der Waals surface area contributed by atoms with Gasteiger partial charge in [-0.15, -0.1) is 0 Å². The summed E-state index contributed by atoms with van der Waals surface area (Å²) in [6.45, 7) is 5.76. The van der Waals surface area contributed by atoms with E-state index in [2.05, 4.69) is 5.32 Å². The van der Waals surface area contributed by atoms with Gasteiger partial charge in [-0.1, -0.05) is 13.8 Å². The van der Waals surface area contributed by atoms with Gasteiger partial charge < -0.3 is 20.3 Å². The Labute approximate surface area is 102 Å². The standard InChI is InChI=1S/C8H15BN2O4.C2H6/c1-6(12)10-5-8(13)11-4-2-3-7(11)9(14)15;1-2/h7,14-15H,2-5H2,1H3,(H,10,12);1-2H3. The van der Waals surface area contributed by atoms with Crippen LogP contribution < -0.4 is 5.32 Å². The van der Waals surface area contributed by atoms with E-state index >= 15 is 0 Å². The van der Waals surface area contributed by atoms with E-state index in [0.717, 1.165) is 6.42 Å². The normalized spacial score (nSPS) is 18.2. The predicted octanol–water partition coefficient (Wildman–Crippen LogP) is -0.848. The summed E-state index contributed by atoms with van der Waals surface area (Å²) in [6, 6.07) is 0. The van der Waals surface area contributed by atoms with Crippen molar-refractivity contribution in [3.05, 3.63) is 0 Å². The average Bonchev–Trinajstić information content (AvgIpc) is 2.77. The number of carbonyl (C=O) groups is 2. The van der Waals surface area contributed by atoms with Crippen LogP contribution in [0.3, 0.4) is 0 Å². The minimum atomic E-state index is -1.51. The van der Waals surface area contributed by atoms with E-state index in [9.17, 15) is 9.59 Å². The van der Waals surface area contributed by atoms with Gasteiger partial charge in [0.05, 0.1) is 12.5 Å². The first-order chi connectivity index (χ1) is 8.02. The molecule has 1 saturated heterocycles. The maximum atomic E-state index is 11.6. The topological polar surface area (TPSA) is 89.9 Å². The van der Waals surface area contributed by atoms with Gasteiger partial charge in [0.25, 0.3) is 0 Å². The maximum Gasteiger partial charge on any atom is 0.475 e. The molecule has 1 atom stereocenters. The van der Waals surface area contributed by atoms with Crippen molar-refractivity contribution in [1.82, 2.24) is 10.2 Å². The summed E-state index contributed by atoms with van der Waals surface area (Å²) in [6.07, 6.45) is 1.34. The highest BCUT2D eigenvalue weighted by molar-refractivity contribution is 6.43. The van der Waals surface area contributed by atoms with Gasteiger partial charge in [0.2, 0.25) is 11.8 Å². The first kappa shape index (κ1) is 15.9. The molecule has 1 unspecified atom stereocenters. The van der Waals surface area contributed by atoms with E-state index in [1.807, 2.05) is 13.8 Å². The van der Waals surface area contributed by atoms with Gasteiger partial charge in [-0.05, 0) is 12.8 Å². The molecule has 0 bridgehead atoms. The number of hydrogen-bond donors (Lipinski definition) is 3. The van der Waals surface area contributed by atoms with Gasteiger partial charge in [-0.2, -0.15) is 0 Å². The number of amides is 2. The summed E-state index contributed by atoms with van der Waals surface area (Å²) in [5.74, 6) is -1.09. The zero-order valence-corrected chi connectivity index (χ0v) is 10.6. The maximum absolute atomic E-state index is 11.6. The molecule has 3 N–H and O–H groups in total. The molecule has 17 heavy (non-hydrogen) atoms. The van der Waals surface area contributed by atoms with E-state index in [1.165, 1.54) is 11.8 Å². The van der Waals surface area contributed by atoms with Crippen molar-refractivity contribution in [3.63, 3.8) is 0 Å². The Balaban J connectivity index is 0.00000121. The Morgan fingerprint density at radius 3 is 2.47 bits per heavy atom. The third kappa shape index (κ3) is 5.19. The molecule has 2 amide bonds. The highest BCUT2D eigenvalue weighted by Crippen LogP contribution is 2.17. The second-order valence-corrected chi connectivity index (χ2v) is 3.62. The van der Waals surface area contributed by atoms with Crippen molar-refractivity contribution in [2.45, 2.75) is 39.6 Å². The molecule has 7 heteroatoms. The largest absolute Gasteiger partial charge is 0.475 e. The molecule has 0 aromatic heterocycles. The van der Waals surface area contributed by atoms with Gasteiger partial charge in [0.1, 0.15) is 0 Å². The fourth-order valence-electron chi connectivity index (χ4n) is 1.71. The lowest BCUT2D eigenvalue weighted by molar-refractivity contribution is -0.132.